The van der Waals surface area contributed by atoms with Gasteiger partial charge in [-0.25, -0.2) is 9.59 Å². The first-order chi connectivity index (χ1) is 14.5. The number of urea groups is 1. The lowest BCUT2D eigenvalue weighted by Crippen LogP contribution is -2.57. The number of benzene rings is 2. The Morgan fingerprint density at radius 3 is 2.60 bits per heavy atom. The molecule has 0 bridgehead atoms. The van der Waals surface area contributed by atoms with Crippen LogP contribution in [0.1, 0.15) is 16.2 Å². The molecule has 9 nitrogen and oxygen atoms in total. The summed E-state index contributed by atoms with van der Waals surface area (Å²) in [5, 5.41) is 6.59. The number of esters is 1. The number of carbonyl (C=O) groups excluding carboxylic acids is 2. The molecule has 0 unspecified atom stereocenters. The molecule has 1 saturated heterocycles. The van der Waals surface area contributed by atoms with Crippen LogP contribution in [0.25, 0.3) is 11.5 Å². The summed E-state index contributed by atoms with van der Waals surface area (Å²) in [5.74, 6) is 1.25. The number of ether oxygens (including phenoxy) is 2. The van der Waals surface area contributed by atoms with Crippen molar-refractivity contribution in [3.05, 3.63) is 59.9 Å². The van der Waals surface area contributed by atoms with Crippen molar-refractivity contribution in [2.75, 3.05) is 25.5 Å². The molecule has 0 radical (unpaired) electrons. The normalized spacial score (nSPS) is 13.5. The molecule has 2 amide bonds. The van der Waals surface area contributed by atoms with Gasteiger partial charge in [0.1, 0.15) is 11.9 Å². The summed E-state index contributed by atoms with van der Waals surface area (Å²) in [5.41, 5.74) is 1.79. The predicted octanol–water partition coefficient (Wildman–Crippen LogP) is 3.13. The number of amides is 2. The number of rotatable bonds is 5. The molecule has 1 aliphatic heterocycles. The fourth-order valence-electron chi connectivity index (χ4n) is 3.00. The predicted molar refractivity (Wildman–Crippen MR) is 107 cm³/mol. The van der Waals surface area contributed by atoms with Crippen LogP contribution in [0.15, 0.2) is 53.1 Å². The fourth-order valence-corrected chi connectivity index (χ4v) is 3.00. The summed E-state index contributed by atoms with van der Waals surface area (Å²) in [6.07, 6.45) is -0.0999. The third-order valence-corrected chi connectivity index (χ3v) is 4.60. The van der Waals surface area contributed by atoms with Crippen molar-refractivity contribution >= 4 is 17.7 Å². The lowest BCUT2D eigenvalue weighted by Gasteiger charge is -2.38. The van der Waals surface area contributed by atoms with E-state index in [1.807, 2.05) is 24.3 Å². The zero-order chi connectivity index (χ0) is 21.1. The topological polar surface area (TPSA) is 107 Å². The van der Waals surface area contributed by atoms with Gasteiger partial charge in [-0.2, -0.15) is 4.98 Å². The first-order valence-corrected chi connectivity index (χ1v) is 9.33. The average Bonchev–Trinajstić information content (AvgIpc) is 3.17. The van der Waals surface area contributed by atoms with Crippen LogP contribution < -0.4 is 10.1 Å². The summed E-state index contributed by atoms with van der Waals surface area (Å²) in [7, 11) is 1.32. The van der Waals surface area contributed by atoms with Gasteiger partial charge in [-0.1, -0.05) is 11.2 Å². The van der Waals surface area contributed by atoms with Gasteiger partial charge in [0.2, 0.25) is 0 Å². The number of hydrogen-bond donors (Lipinski definition) is 1. The van der Waals surface area contributed by atoms with Crippen LogP contribution in [0.3, 0.4) is 0 Å². The second-order valence-electron chi connectivity index (χ2n) is 6.82. The van der Waals surface area contributed by atoms with E-state index in [9.17, 15) is 9.59 Å². The van der Waals surface area contributed by atoms with Crippen molar-refractivity contribution < 1.29 is 23.6 Å². The van der Waals surface area contributed by atoms with Crippen molar-refractivity contribution in [2.45, 2.75) is 13.0 Å². The Balaban J connectivity index is 1.29. The lowest BCUT2D eigenvalue weighted by atomic mass is 10.1. The van der Waals surface area contributed by atoms with Crippen LogP contribution in [-0.2, 0) is 4.74 Å². The number of carbonyl (C=O) groups is 2. The maximum Gasteiger partial charge on any atom is 0.337 e. The number of nitrogens with one attached hydrogen (secondary N) is 1. The summed E-state index contributed by atoms with van der Waals surface area (Å²) in [6, 6.07) is 13.7. The highest BCUT2D eigenvalue weighted by molar-refractivity contribution is 5.92. The van der Waals surface area contributed by atoms with E-state index < -0.39 is 5.97 Å². The van der Waals surface area contributed by atoms with Crippen LogP contribution in [0, 0.1) is 6.92 Å². The molecule has 1 aliphatic rings. The van der Waals surface area contributed by atoms with Crippen LogP contribution in [0.5, 0.6) is 5.75 Å². The Morgan fingerprint density at radius 1 is 1.17 bits per heavy atom. The van der Waals surface area contributed by atoms with Gasteiger partial charge in [-0.3, -0.25) is 0 Å². The summed E-state index contributed by atoms with van der Waals surface area (Å²) >= 11 is 0. The molecular weight excluding hydrogens is 388 g/mol. The summed E-state index contributed by atoms with van der Waals surface area (Å²) in [6.45, 7) is 2.70. The summed E-state index contributed by atoms with van der Waals surface area (Å²) < 4.78 is 15.8. The third kappa shape index (κ3) is 4.24. The first-order valence-electron chi connectivity index (χ1n) is 9.33. The van der Waals surface area contributed by atoms with Gasteiger partial charge >= 0.3 is 12.0 Å². The van der Waals surface area contributed by atoms with E-state index in [-0.39, 0.29) is 12.1 Å². The first kappa shape index (κ1) is 19.4. The van der Waals surface area contributed by atoms with Gasteiger partial charge in [0.25, 0.3) is 5.89 Å². The molecule has 3 aromatic rings. The van der Waals surface area contributed by atoms with Crippen molar-refractivity contribution in [1.82, 2.24) is 15.0 Å². The molecule has 0 saturated carbocycles. The van der Waals surface area contributed by atoms with Gasteiger partial charge in [-0.05, 0) is 49.4 Å². The van der Waals surface area contributed by atoms with Gasteiger partial charge in [0.15, 0.2) is 5.82 Å². The highest BCUT2D eigenvalue weighted by atomic mass is 16.5. The largest absolute Gasteiger partial charge is 0.487 e. The smallest absolute Gasteiger partial charge is 0.337 e. The molecule has 0 atom stereocenters. The molecule has 1 fully saturated rings. The Labute approximate surface area is 172 Å². The number of hydrogen-bond acceptors (Lipinski definition) is 7. The quantitative estimate of drug-likeness (QED) is 0.646. The zero-order valence-corrected chi connectivity index (χ0v) is 16.5. The average molecular weight is 408 g/mol. The van der Waals surface area contributed by atoms with Crippen molar-refractivity contribution in [3.63, 3.8) is 0 Å². The molecule has 2 heterocycles. The molecule has 154 valence electrons. The third-order valence-electron chi connectivity index (χ3n) is 4.60. The standard InChI is InChI=1S/C21H20N4O5/c1-13-22-19(30-24-13)15-4-3-5-17(10-15)29-18-11-25(12-18)21(27)23-16-8-6-14(7-9-16)20(26)28-2/h3-10,18H,11-12H2,1-2H3,(H,23,27). The zero-order valence-electron chi connectivity index (χ0n) is 16.5. The Hall–Kier alpha value is -3.88. The van der Waals surface area contributed by atoms with Gasteiger partial charge in [-0.15, -0.1) is 0 Å². The van der Waals surface area contributed by atoms with E-state index >= 15 is 0 Å². The monoisotopic (exact) mass is 408 g/mol. The van der Waals surface area contributed by atoms with Crippen molar-refractivity contribution in [3.8, 4) is 17.2 Å². The minimum absolute atomic E-state index is 0.0999. The summed E-state index contributed by atoms with van der Waals surface area (Å²) in [4.78, 5) is 29.7. The van der Waals surface area contributed by atoms with E-state index in [1.165, 1.54) is 7.11 Å². The Kier molecular flexibility index (Phi) is 5.34. The minimum Gasteiger partial charge on any atom is -0.487 e. The van der Waals surface area contributed by atoms with E-state index in [4.69, 9.17) is 9.26 Å². The number of methoxy groups -OCH3 is 1. The maximum atomic E-state index is 12.3. The molecule has 1 aromatic heterocycles. The van der Waals surface area contributed by atoms with Gasteiger partial charge in [0, 0.05) is 11.3 Å². The maximum absolute atomic E-state index is 12.3. The number of nitrogens with zero attached hydrogens (tertiary/aromatic N) is 3. The van der Waals surface area contributed by atoms with Crippen LogP contribution in [0.2, 0.25) is 0 Å². The van der Waals surface area contributed by atoms with Gasteiger partial charge < -0.3 is 24.2 Å². The Bertz CT molecular complexity index is 1060. The lowest BCUT2D eigenvalue weighted by molar-refractivity contribution is 0.0493. The molecule has 4 rings (SSSR count). The van der Waals surface area contributed by atoms with Crippen LogP contribution in [0.4, 0.5) is 10.5 Å². The van der Waals surface area contributed by atoms with E-state index in [0.717, 1.165) is 5.56 Å². The molecular formula is C21H20N4O5. The SMILES string of the molecule is COC(=O)c1ccc(NC(=O)N2CC(Oc3cccc(-c4nc(C)no4)c3)C2)cc1. The van der Waals surface area contributed by atoms with E-state index in [2.05, 4.69) is 20.2 Å². The van der Waals surface area contributed by atoms with Crippen molar-refractivity contribution in [1.29, 1.82) is 0 Å². The fraction of sp³-hybridized carbons (Fsp3) is 0.238. The second-order valence-corrected chi connectivity index (χ2v) is 6.82. The van der Waals surface area contributed by atoms with Gasteiger partial charge in [0.05, 0.1) is 25.8 Å². The van der Waals surface area contributed by atoms with Crippen LogP contribution in [-0.4, -0.2) is 53.3 Å². The van der Waals surface area contributed by atoms with E-state index in [0.29, 0.717) is 41.8 Å². The molecule has 0 aliphatic carbocycles. The molecule has 1 N–H and O–H groups in total. The molecule has 0 spiro atoms. The number of aromatic nitrogens is 2. The molecule has 9 heteroatoms. The highest BCUT2D eigenvalue weighted by Crippen LogP contribution is 2.25. The van der Waals surface area contributed by atoms with Crippen molar-refractivity contribution in [2.24, 2.45) is 0 Å². The number of aryl methyl sites for hydroxylation is 1. The second kappa shape index (κ2) is 8.24. The molecule has 2 aromatic carbocycles. The number of anilines is 1. The van der Waals surface area contributed by atoms with E-state index in [1.54, 1.807) is 36.1 Å². The molecule has 30 heavy (non-hydrogen) atoms. The number of likely N-dealkylation sites (tertiary alicyclic amines) is 1. The minimum atomic E-state index is -0.422. The van der Waals surface area contributed by atoms with Crippen LogP contribution >= 0.6 is 0 Å². The highest BCUT2D eigenvalue weighted by Gasteiger charge is 2.32. The Morgan fingerprint density at radius 2 is 1.93 bits per heavy atom.